The third kappa shape index (κ3) is 9.45. The zero-order valence-corrected chi connectivity index (χ0v) is 32.7. The van der Waals surface area contributed by atoms with E-state index in [2.05, 4.69) is 5.32 Å². The van der Waals surface area contributed by atoms with Gasteiger partial charge in [-0.3, -0.25) is 19.2 Å². The van der Waals surface area contributed by atoms with E-state index in [-0.39, 0.29) is 25.2 Å². The Morgan fingerprint density at radius 2 is 1.69 bits per heavy atom. The number of ketones is 2. The summed E-state index contributed by atoms with van der Waals surface area (Å²) in [4.78, 5) is 68.6. The fourth-order valence-electron chi connectivity index (χ4n) is 7.74. The summed E-state index contributed by atoms with van der Waals surface area (Å²) in [6.45, 7) is 13.8. The monoisotopic (exact) mass is 742 g/mol. The molecule has 0 aliphatic carbocycles. The van der Waals surface area contributed by atoms with E-state index < -0.39 is 108 Å². The van der Waals surface area contributed by atoms with Crippen LogP contribution >= 0.6 is 0 Å². The molecule has 1 fully saturated rings. The second-order valence-electron chi connectivity index (χ2n) is 15.3. The number of cyclic esters (lactones) is 1. The van der Waals surface area contributed by atoms with Crippen molar-refractivity contribution < 1.29 is 61.9 Å². The number of likely N-dealkylation sites (N-methyl/N-ethyl adjacent to an activating group) is 1. The highest BCUT2D eigenvalue weighted by Gasteiger charge is 2.56. The van der Waals surface area contributed by atoms with Crippen molar-refractivity contribution in [2.45, 2.75) is 155 Å². The van der Waals surface area contributed by atoms with Crippen molar-refractivity contribution >= 4 is 29.4 Å². The molecule has 3 rings (SSSR count). The van der Waals surface area contributed by atoms with Gasteiger partial charge in [-0.15, -0.1) is 0 Å². The van der Waals surface area contributed by atoms with Crippen molar-refractivity contribution in [1.82, 2.24) is 10.2 Å². The molecule has 2 N–H and O–H groups in total. The van der Waals surface area contributed by atoms with Crippen molar-refractivity contribution in [1.29, 1.82) is 0 Å². The second kappa shape index (κ2) is 17.1. The molecule has 2 bridgehead atoms. The lowest BCUT2D eigenvalue weighted by atomic mass is 9.76. The lowest BCUT2D eigenvalue weighted by Crippen LogP contribution is -2.61. The summed E-state index contributed by atoms with van der Waals surface area (Å²) in [6.07, 6.45) is -6.40. The zero-order valence-electron chi connectivity index (χ0n) is 32.7. The van der Waals surface area contributed by atoms with E-state index in [0.29, 0.717) is 17.7 Å². The Balaban J connectivity index is 2.40. The number of carbonyl (C=O) groups excluding carboxylic acids is 5. The summed E-state index contributed by atoms with van der Waals surface area (Å²) in [6, 6.07) is -0.391. The van der Waals surface area contributed by atoms with Crippen LogP contribution in [0.2, 0.25) is 0 Å². The van der Waals surface area contributed by atoms with Gasteiger partial charge in [0, 0.05) is 37.3 Å². The number of ether oxygens (including phenoxy) is 6. The van der Waals surface area contributed by atoms with E-state index in [1.54, 1.807) is 34.6 Å². The molecular weight excluding hydrogens is 683 g/mol. The summed E-state index contributed by atoms with van der Waals surface area (Å²) >= 11 is 0. The number of alkyl halides is 1. The fourth-order valence-corrected chi connectivity index (χ4v) is 7.74. The number of Topliss-reactive ketones (excluding diaryl/α,β-unsaturated/α-hetero) is 2. The van der Waals surface area contributed by atoms with Gasteiger partial charge in [0.25, 0.3) is 5.67 Å². The van der Waals surface area contributed by atoms with Gasteiger partial charge in [-0.1, -0.05) is 33.3 Å². The molecule has 3 heterocycles. The van der Waals surface area contributed by atoms with Crippen LogP contribution in [0.1, 0.15) is 94.9 Å². The average molecular weight is 743 g/mol. The lowest BCUT2D eigenvalue weighted by Gasteiger charge is -2.47. The van der Waals surface area contributed by atoms with E-state index >= 15 is 4.39 Å². The SMILES string of the molecule is CCC(=O)N/C1=C(\C)C[C@@]2(C)OCC(=O)CO[C@H]([C@H]1C)[C@](C)(O)[C@@H](CC)OC(=O)[C@@](C)(F)C(=O)[C@H](C)[C@H]2O[C@@H]1O[C@H](C)C[C@H](N(C)C)[C@H]1OC(C)=O. The van der Waals surface area contributed by atoms with Crippen LogP contribution in [0.3, 0.4) is 0 Å². The highest BCUT2D eigenvalue weighted by Crippen LogP contribution is 2.41. The van der Waals surface area contributed by atoms with Gasteiger partial charge in [-0.05, 0) is 61.6 Å². The van der Waals surface area contributed by atoms with Crippen LogP contribution in [0, 0.1) is 11.8 Å². The van der Waals surface area contributed by atoms with Gasteiger partial charge in [0.05, 0.1) is 30.0 Å². The molecule has 1 amide bonds. The minimum Gasteiger partial charge on any atom is -0.457 e. The van der Waals surface area contributed by atoms with Gasteiger partial charge < -0.3 is 43.7 Å². The first-order chi connectivity index (χ1) is 24.0. The molecule has 12 atom stereocenters. The Morgan fingerprint density at radius 1 is 1.06 bits per heavy atom. The Labute approximate surface area is 306 Å². The van der Waals surface area contributed by atoms with Gasteiger partial charge in [-0.25, -0.2) is 9.18 Å². The number of nitrogens with zero attached hydrogens (tertiary/aromatic N) is 1. The minimum atomic E-state index is -3.24. The van der Waals surface area contributed by atoms with E-state index in [9.17, 15) is 29.1 Å². The third-order valence-corrected chi connectivity index (χ3v) is 10.6. The van der Waals surface area contributed by atoms with Crippen LogP contribution in [-0.2, 0) is 52.4 Å². The van der Waals surface area contributed by atoms with Crippen molar-refractivity contribution in [2.24, 2.45) is 11.8 Å². The number of rotatable bonds is 7. The number of hydrogen-bond donors (Lipinski definition) is 2. The van der Waals surface area contributed by atoms with Gasteiger partial charge in [0.2, 0.25) is 5.91 Å². The van der Waals surface area contributed by atoms with Crippen LogP contribution < -0.4 is 5.32 Å². The van der Waals surface area contributed by atoms with Crippen LogP contribution in [0.4, 0.5) is 4.39 Å². The number of halogens is 1. The highest BCUT2D eigenvalue weighted by molar-refractivity contribution is 6.07. The highest BCUT2D eigenvalue weighted by atomic mass is 19.1. The van der Waals surface area contributed by atoms with Crippen molar-refractivity contribution in [2.75, 3.05) is 27.3 Å². The maximum atomic E-state index is 16.7. The van der Waals surface area contributed by atoms with Gasteiger partial charge in [0.15, 0.2) is 24.0 Å². The Bertz CT molecular complexity index is 1380. The van der Waals surface area contributed by atoms with E-state index in [4.69, 9.17) is 28.4 Å². The molecular formula is C37H59FN2O12. The number of esters is 2. The molecule has 3 aliphatic rings. The quantitative estimate of drug-likeness (QED) is 0.288. The first kappa shape index (κ1) is 43.6. The molecule has 0 unspecified atom stereocenters. The summed E-state index contributed by atoms with van der Waals surface area (Å²) in [7, 11) is 3.62. The smallest absolute Gasteiger partial charge is 0.351 e. The lowest BCUT2D eigenvalue weighted by molar-refractivity contribution is -0.298. The van der Waals surface area contributed by atoms with E-state index in [1.165, 1.54) is 20.8 Å². The number of nitrogens with one attached hydrogen (secondary N) is 1. The van der Waals surface area contributed by atoms with E-state index in [0.717, 1.165) is 6.92 Å². The predicted molar refractivity (Wildman–Crippen MR) is 185 cm³/mol. The number of hydrogen-bond acceptors (Lipinski definition) is 13. The molecule has 296 valence electrons. The average Bonchev–Trinajstić information content (AvgIpc) is 3.07. The van der Waals surface area contributed by atoms with Gasteiger partial charge in [-0.2, -0.15) is 0 Å². The van der Waals surface area contributed by atoms with Crippen LogP contribution in [0.25, 0.3) is 0 Å². The van der Waals surface area contributed by atoms with Crippen molar-refractivity contribution in [3.63, 3.8) is 0 Å². The number of aliphatic hydroxyl groups is 1. The third-order valence-electron chi connectivity index (χ3n) is 10.6. The van der Waals surface area contributed by atoms with Crippen LogP contribution in [0.15, 0.2) is 11.3 Å². The Hall–Kier alpha value is -2.82. The second-order valence-corrected chi connectivity index (χ2v) is 15.3. The number of amides is 1. The van der Waals surface area contributed by atoms with Crippen LogP contribution in [-0.4, -0.2) is 126 Å². The maximum Gasteiger partial charge on any atom is 0.351 e. The van der Waals surface area contributed by atoms with Crippen molar-refractivity contribution in [3.8, 4) is 0 Å². The minimum absolute atomic E-state index is 0.0207. The molecule has 0 aromatic rings. The first-order valence-electron chi connectivity index (χ1n) is 18.1. The number of fused-ring (bicyclic) bond motifs is 4. The van der Waals surface area contributed by atoms with Gasteiger partial charge >= 0.3 is 11.9 Å². The molecule has 0 spiro atoms. The maximum absolute atomic E-state index is 16.7. The predicted octanol–water partition coefficient (Wildman–Crippen LogP) is 2.96. The molecule has 15 heteroatoms. The normalized spacial score (nSPS) is 41.4. The topological polar surface area (TPSA) is 176 Å². The standard InChI is InChI=1S/C37H59FN2O12/c1-13-26-37(10,46)32-21(5)28(39-27(43)14-2)19(3)16-35(8,48-18-24(42)17-47-32)31(22(6)30(44)36(9,38)34(45)51-26)52-33-29(50-23(7)41)25(40(11)12)15-20(4)49-33/h20-22,25-26,29,31-33,46H,13-18H2,1-12H3,(H,39,43)/b28-19+/t20-,21+,22+,25+,26-,29-,31-,32-,33+,35-,36+,37-/m1/s1. The molecule has 0 saturated carbocycles. The number of carbonyl (C=O) groups is 5. The summed E-state index contributed by atoms with van der Waals surface area (Å²) in [5.74, 6) is -6.55. The van der Waals surface area contributed by atoms with Crippen molar-refractivity contribution in [3.05, 3.63) is 11.3 Å². The van der Waals surface area contributed by atoms with Crippen LogP contribution in [0.5, 0.6) is 0 Å². The Morgan fingerprint density at radius 3 is 2.25 bits per heavy atom. The van der Waals surface area contributed by atoms with Gasteiger partial charge in [0.1, 0.15) is 24.9 Å². The molecule has 14 nitrogen and oxygen atoms in total. The largest absolute Gasteiger partial charge is 0.457 e. The summed E-state index contributed by atoms with van der Waals surface area (Å²) in [5, 5.41) is 15.0. The summed E-state index contributed by atoms with van der Waals surface area (Å²) < 4.78 is 53.4. The zero-order chi connectivity index (χ0) is 39.5. The molecule has 52 heavy (non-hydrogen) atoms. The van der Waals surface area contributed by atoms with E-state index in [1.807, 2.05) is 25.9 Å². The molecule has 0 aromatic heterocycles. The molecule has 3 aliphatic heterocycles. The molecule has 0 aromatic carbocycles. The molecule has 0 radical (unpaired) electrons. The summed E-state index contributed by atoms with van der Waals surface area (Å²) in [5.41, 5.74) is -6.07. The fraction of sp³-hybridized carbons (Fsp3) is 0.811. The molecule has 1 saturated heterocycles. The first-order valence-corrected chi connectivity index (χ1v) is 18.1. The Kier molecular flexibility index (Phi) is 14.3.